The van der Waals surface area contributed by atoms with Crippen molar-refractivity contribution >= 4 is 5.91 Å². The topological polar surface area (TPSA) is 32.8 Å². The third-order valence-electron chi connectivity index (χ3n) is 5.09. The molecular weight excluding hydrogens is 331 g/mol. The standard InChI is InChI=1S/C21H25FN2O2/c1-23(2)20-14-24(21(25)12-15-5-4-6-17(22)11-15)13-19(20)16-7-9-18(26-3)10-8-16/h4-11,19-20H,12-14H2,1-3H3. The second kappa shape index (κ2) is 7.87. The van der Waals surface area contributed by atoms with Crippen molar-refractivity contribution < 1.29 is 13.9 Å². The van der Waals surface area contributed by atoms with Gasteiger partial charge in [0.05, 0.1) is 13.5 Å². The van der Waals surface area contributed by atoms with Crippen molar-refractivity contribution in [2.45, 2.75) is 18.4 Å². The van der Waals surface area contributed by atoms with Gasteiger partial charge < -0.3 is 14.5 Å². The first kappa shape index (κ1) is 18.4. The summed E-state index contributed by atoms with van der Waals surface area (Å²) in [5.74, 6) is 0.803. The molecule has 2 atom stereocenters. The van der Waals surface area contributed by atoms with Crippen LogP contribution >= 0.6 is 0 Å². The predicted octanol–water partition coefficient (Wildman–Crippen LogP) is 2.93. The van der Waals surface area contributed by atoms with Crippen molar-refractivity contribution in [1.82, 2.24) is 9.80 Å². The minimum atomic E-state index is -0.306. The molecule has 2 aromatic rings. The Morgan fingerprint density at radius 1 is 1.19 bits per heavy atom. The molecule has 0 spiro atoms. The zero-order valence-electron chi connectivity index (χ0n) is 15.5. The molecule has 1 saturated heterocycles. The van der Waals surface area contributed by atoms with E-state index in [4.69, 9.17) is 4.74 Å². The van der Waals surface area contributed by atoms with Gasteiger partial charge in [-0.05, 0) is 49.5 Å². The minimum Gasteiger partial charge on any atom is -0.497 e. The van der Waals surface area contributed by atoms with E-state index in [9.17, 15) is 9.18 Å². The van der Waals surface area contributed by atoms with E-state index < -0.39 is 0 Å². The Morgan fingerprint density at radius 2 is 1.92 bits per heavy atom. The Balaban J connectivity index is 1.74. The number of rotatable bonds is 5. The van der Waals surface area contributed by atoms with Crippen LogP contribution in [0.2, 0.25) is 0 Å². The summed E-state index contributed by atoms with van der Waals surface area (Å²) in [6, 6.07) is 14.6. The first-order valence-corrected chi connectivity index (χ1v) is 8.80. The molecule has 138 valence electrons. The molecule has 0 N–H and O–H groups in total. The predicted molar refractivity (Wildman–Crippen MR) is 99.9 cm³/mol. The van der Waals surface area contributed by atoms with Gasteiger partial charge >= 0.3 is 0 Å². The van der Waals surface area contributed by atoms with Crippen LogP contribution in [0.3, 0.4) is 0 Å². The van der Waals surface area contributed by atoms with Gasteiger partial charge in [0.15, 0.2) is 0 Å². The number of carbonyl (C=O) groups is 1. The molecule has 0 radical (unpaired) electrons. The molecule has 0 bridgehead atoms. The molecule has 2 aromatic carbocycles. The monoisotopic (exact) mass is 356 g/mol. The van der Waals surface area contributed by atoms with E-state index in [1.165, 1.54) is 17.7 Å². The zero-order valence-corrected chi connectivity index (χ0v) is 15.5. The molecular formula is C21H25FN2O2. The van der Waals surface area contributed by atoms with E-state index in [1.54, 1.807) is 19.2 Å². The Morgan fingerprint density at radius 3 is 2.54 bits per heavy atom. The lowest BCUT2D eigenvalue weighted by Gasteiger charge is -2.25. The summed E-state index contributed by atoms with van der Waals surface area (Å²) in [6.07, 6.45) is 0.229. The van der Waals surface area contributed by atoms with Gasteiger partial charge in [-0.15, -0.1) is 0 Å². The Kier molecular flexibility index (Phi) is 5.57. The van der Waals surface area contributed by atoms with Crippen molar-refractivity contribution in [3.05, 3.63) is 65.5 Å². The number of hydrogen-bond acceptors (Lipinski definition) is 3. The van der Waals surface area contributed by atoms with Gasteiger partial charge in [-0.25, -0.2) is 4.39 Å². The van der Waals surface area contributed by atoms with E-state index in [-0.39, 0.29) is 30.1 Å². The maximum absolute atomic E-state index is 13.4. The highest BCUT2D eigenvalue weighted by atomic mass is 19.1. The number of likely N-dealkylation sites (N-methyl/N-ethyl adjacent to an activating group) is 1. The van der Waals surface area contributed by atoms with E-state index in [0.717, 1.165) is 5.75 Å². The highest BCUT2D eigenvalue weighted by molar-refractivity contribution is 5.79. The van der Waals surface area contributed by atoms with Gasteiger partial charge in [-0.1, -0.05) is 24.3 Å². The van der Waals surface area contributed by atoms with E-state index in [0.29, 0.717) is 18.7 Å². The van der Waals surface area contributed by atoms with Crippen LogP contribution in [0.5, 0.6) is 5.75 Å². The number of ether oxygens (including phenoxy) is 1. The molecule has 1 aliphatic rings. The molecule has 2 unspecified atom stereocenters. The quantitative estimate of drug-likeness (QED) is 0.826. The van der Waals surface area contributed by atoms with Gasteiger partial charge in [-0.2, -0.15) is 0 Å². The second-order valence-corrected chi connectivity index (χ2v) is 7.02. The van der Waals surface area contributed by atoms with Gasteiger partial charge in [0.2, 0.25) is 5.91 Å². The maximum atomic E-state index is 13.4. The zero-order chi connectivity index (χ0) is 18.7. The second-order valence-electron chi connectivity index (χ2n) is 7.02. The molecule has 5 heteroatoms. The van der Waals surface area contributed by atoms with Gasteiger partial charge in [-0.3, -0.25) is 4.79 Å². The van der Waals surface area contributed by atoms with Gasteiger partial charge in [0, 0.05) is 25.0 Å². The Hall–Kier alpha value is -2.40. The first-order valence-electron chi connectivity index (χ1n) is 8.80. The van der Waals surface area contributed by atoms with Crippen LogP contribution < -0.4 is 4.74 Å². The SMILES string of the molecule is COc1ccc(C2CN(C(=O)Cc3cccc(F)c3)CC2N(C)C)cc1. The summed E-state index contributed by atoms with van der Waals surface area (Å²) in [4.78, 5) is 16.8. The van der Waals surface area contributed by atoms with E-state index in [1.807, 2.05) is 31.1 Å². The van der Waals surface area contributed by atoms with Crippen LogP contribution in [0, 0.1) is 5.82 Å². The number of methoxy groups -OCH3 is 1. The van der Waals surface area contributed by atoms with Crippen molar-refractivity contribution in [3.63, 3.8) is 0 Å². The van der Waals surface area contributed by atoms with Crippen LogP contribution in [0.25, 0.3) is 0 Å². The molecule has 1 heterocycles. The summed E-state index contributed by atoms with van der Waals surface area (Å²) in [6.45, 7) is 1.35. The molecule has 0 saturated carbocycles. The fraction of sp³-hybridized carbons (Fsp3) is 0.381. The summed E-state index contributed by atoms with van der Waals surface area (Å²) in [5, 5.41) is 0. The number of nitrogens with zero attached hydrogens (tertiary/aromatic N) is 2. The molecule has 1 amide bonds. The molecule has 4 nitrogen and oxygen atoms in total. The van der Waals surface area contributed by atoms with Crippen LogP contribution in [0.4, 0.5) is 4.39 Å². The lowest BCUT2D eigenvalue weighted by atomic mass is 9.93. The molecule has 0 aliphatic carbocycles. The lowest BCUT2D eigenvalue weighted by Crippen LogP contribution is -2.36. The molecule has 3 rings (SSSR count). The fourth-order valence-corrected chi connectivity index (χ4v) is 3.63. The van der Waals surface area contributed by atoms with Crippen LogP contribution in [0.15, 0.2) is 48.5 Å². The number of carbonyl (C=O) groups excluding carboxylic acids is 1. The smallest absolute Gasteiger partial charge is 0.227 e. The maximum Gasteiger partial charge on any atom is 0.227 e. The van der Waals surface area contributed by atoms with Crippen molar-refractivity contribution in [2.75, 3.05) is 34.3 Å². The highest BCUT2D eigenvalue weighted by Gasteiger charge is 2.37. The van der Waals surface area contributed by atoms with Crippen molar-refractivity contribution in [1.29, 1.82) is 0 Å². The fourth-order valence-electron chi connectivity index (χ4n) is 3.63. The van der Waals surface area contributed by atoms with Crippen LogP contribution in [-0.2, 0) is 11.2 Å². The van der Waals surface area contributed by atoms with Crippen LogP contribution in [0.1, 0.15) is 17.0 Å². The Labute approximate surface area is 154 Å². The summed E-state index contributed by atoms with van der Waals surface area (Å²) in [7, 11) is 5.74. The highest BCUT2D eigenvalue weighted by Crippen LogP contribution is 2.31. The Bertz CT molecular complexity index is 761. The average molecular weight is 356 g/mol. The minimum absolute atomic E-state index is 0.0402. The largest absolute Gasteiger partial charge is 0.497 e. The number of likely N-dealkylation sites (tertiary alicyclic amines) is 1. The third-order valence-corrected chi connectivity index (χ3v) is 5.09. The van der Waals surface area contributed by atoms with Gasteiger partial charge in [0.25, 0.3) is 0 Å². The number of benzene rings is 2. The molecule has 0 aromatic heterocycles. The average Bonchev–Trinajstić information content (AvgIpc) is 3.08. The lowest BCUT2D eigenvalue weighted by molar-refractivity contribution is -0.129. The summed E-state index contributed by atoms with van der Waals surface area (Å²) >= 11 is 0. The normalized spacial score (nSPS) is 19.8. The van der Waals surface area contributed by atoms with Gasteiger partial charge in [0.1, 0.15) is 11.6 Å². The first-order chi connectivity index (χ1) is 12.5. The van der Waals surface area contributed by atoms with Crippen molar-refractivity contribution in [3.8, 4) is 5.75 Å². The molecule has 1 aliphatic heterocycles. The number of hydrogen-bond donors (Lipinski definition) is 0. The number of halogens is 1. The van der Waals surface area contributed by atoms with E-state index >= 15 is 0 Å². The van der Waals surface area contributed by atoms with Crippen molar-refractivity contribution in [2.24, 2.45) is 0 Å². The molecule has 26 heavy (non-hydrogen) atoms. The third kappa shape index (κ3) is 4.05. The summed E-state index contributed by atoms with van der Waals surface area (Å²) < 4.78 is 18.6. The summed E-state index contributed by atoms with van der Waals surface area (Å²) in [5.41, 5.74) is 1.91. The van der Waals surface area contributed by atoms with E-state index in [2.05, 4.69) is 17.0 Å². The number of amides is 1. The molecule has 1 fully saturated rings. The van der Waals surface area contributed by atoms with Crippen LogP contribution in [-0.4, -0.2) is 56.0 Å².